The van der Waals surface area contributed by atoms with Gasteiger partial charge in [-0.3, -0.25) is 4.90 Å². The first-order chi connectivity index (χ1) is 12.2. The molecule has 1 aliphatic heterocycles. The molecule has 0 aliphatic carbocycles. The normalized spacial score (nSPS) is 18.2. The summed E-state index contributed by atoms with van der Waals surface area (Å²) in [5, 5.41) is 8.28. The molecule has 0 N–H and O–H groups in total. The molecule has 0 unspecified atom stereocenters. The summed E-state index contributed by atoms with van der Waals surface area (Å²) in [5.74, 6) is 2.09. The van der Waals surface area contributed by atoms with E-state index in [4.69, 9.17) is 4.98 Å². The van der Waals surface area contributed by atoms with Crippen LogP contribution in [-0.2, 0) is 13.6 Å². The summed E-state index contributed by atoms with van der Waals surface area (Å²) in [4.78, 5) is 9.57. The summed E-state index contributed by atoms with van der Waals surface area (Å²) in [6.07, 6.45) is 4.11. The zero-order valence-corrected chi connectivity index (χ0v) is 14.8. The van der Waals surface area contributed by atoms with Crippen LogP contribution < -0.4 is 4.90 Å². The molecule has 1 aliphatic rings. The number of para-hydroxylation sites is 2. The molecule has 6 nitrogen and oxygen atoms in total. The van der Waals surface area contributed by atoms with Gasteiger partial charge in [0.1, 0.15) is 5.82 Å². The molecule has 25 heavy (non-hydrogen) atoms. The van der Waals surface area contributed by atoms with Crippen molar-refractivity contribution >= 4 is 16.9 Å². The van der Waals surface area contributed by atoms with E-state index >= 15 is 0 Å². The monoisotopic (exact) mass is 336 g/mol. The first kappa shape index (κ1) is 16.0. The highest BCUT2D eigenvalue weighted by Gasteiger charge is 2.25. The maximum atomic E-state index is 4.81. The minimum absolute atomic E-state index is 0.496. The number of hydrogen-bond donors (Lipinski definition) is 0. The highest BCUT2D eigenvalue weighted by atomic mass is 15.3. The van der Waals surface area contributed by atoms with E-state index in [0.29, 0.717) is 6.04 Å². The van der Waals surface area contributed by atoms with Gasteiger partial charge in [0.05, 0.1) is 17.6 Å². The van der Waals surface area contributed by atoms with E-state index < -0.39 is 0 Å². The summed E-state index contributed by atoms with van der Waals surface area (Å²) in [6, 6.07) is 12.8. The first-order valence-corrected chi connectivity index (χ1v) is 8.85. The molecule has 0 spiro atoms. The molecular formula is C19H24N6. The predicted molar refractivity (Wildman–Crippen MR) is 99.4 cm³/mol. The van der Waals surface area contributed by atoms with E-state index in [2.05, 4.69) is 56.9 Å². The van der Waals surface area contributed by atoms with Gasteiger partial charge in [-0.15, -0.1) is 5.10 Å². The fourth-order valence-electron chi connectivity index (χ4n) is 3.67. The van der Waals surface area contributed by atoms with E-state index in [1.807, 2.05) is 18.2 Å². The van der Waals surface area contributed by atoms with E-state index in [1.165, 1.54) is 18.4 Å². The van der Waals surface area contributed by atoms with Crippen LogP contribution >= 0.6 is 0 Å². The number of nitrogens with zero attached hydrogens (tertiary/aromatic N) is 6. The summed E-state index contributed by atoms with van der Waals surface area (Å²) in [7, 11) is 4.30. The standard InChI is InChI=1S/C19H24N6/c1-23(14-19-21-16-8-3-4-9-17(16)24(19)2)15-7-6-12-25(13-15)18-10-5-11-20-22-18/h3-5,8-11,15H,6-7,12-14H2,1-2H3/t15-/m0/s1. The van der Waals surface area contributed by atoms with E-state index in [9.17, 15) is 0 Å². The van der Waals surface area contributed by atoms with E-state index in [0.717, 1.165) is 36.8 Å². The smallest absolute Gasteiger partial charge is 0.151 e. The van der Waals surface area contributed by atoms with Gasteiger partial charge >= 0.3 is 0 Å². The second-order valence-corrected chi connectivity index (χ2v) is 6.81. The Balaban J connectivity index is 1.48. The number of fused-ring (bicyclic) bond motifs is 1. The Hall–Kier alpha value is -2.47. The Morgan fingerprint density at radius 3 is 2.88 bits per heavy atom. The lowest BCUT2D eigenvalue weighted by Crippen LogP contribution is -2.46. The van der Waals surface area contributed by atoms with Crippen molar-refractivity contribution in [1.82, 2.24) is 24.6 Å². The Bertz CT molecular complexity index is 844. The maximum Gasteiger partial charge on any atom is 0.151 e. The Morgan fingerprint density at radius 1 is 1.20 bits per heavy atom. The number of aryl methyl sites for hydroxylation is 1. The molecule has 1 aromatic carbocycles. The Labute approximate surface area is 148 Å². The molecule has 0 saturated carbocycles. The van der Waals surface area contributed by atoms with Gasteiger partial charge < -0.3 is 9.47 Å². The Kier molecular flexibility index (Phi) is 4.36. The lowest BCUT2D eigenvalue weighted by atomic mass is 10.0. The van der Waals surface area contributed by atoms with Crippen molar-refractivity contribution in [3.05, 3.63) is 48.4 Å². The molecule has 1 atom stereocenters. The average molecular weight is 336 g/mol. The van der Waals surface area contributed by atoms with Gasteiger partial charge in [-0.05, 0) is 44.2 Å². The van der Waals surface area contributed by atoms with Gasteiger partial charge in [0.25, 0.3) is 0 Å². The number of anilines is 1. The number of hydrogen-bond acceptors (Lipinski definition) is 5. The molecule has 3 heterocycles. The van der Waals surface area contributed by atoms with Crippen LogP contribution in [0.3, 0.4) is 0 Å². The van der Waals surface area contributed by atoms with Crippen LogP contribution in [0.4, 0.5) is 5.82 Å². The van der Waals surface area contributed by atoms with Gasteiger partial charge in [-0.25, -0.2) is 4.98 Å². The minimum Gasteiger partial charge on any atom is -0.354 e. The third-order valence-corrected chi connectivity index (χ3v) is 5.17. The number of rotatable bonds is 4. The van der Waals surface area contributed by atoms with E-state index in [-0.39, 0.29) is 0 Å². The Morgan fingerprint density at radius 2 is 2.08 bits per heavy atom. The summed E-state index contributed by atoms with van der Waals surface area (Å²) >= 11 is 0. The lowest BCUT2D eigenvalue weighted by Gasteiger charge is -2.37. The molecule has 0 amide bonds. The maximum absolute atomic E-state index is 4.81. The van der Waals surface area contributed by atoms with Crippen molar-refractivity contribution in [2.24, 2.45) is 7.05 Å². The second kappa shape index (κ2) is 6.80. The van der Waals surface area contributed by atoms with E-state index in [1.54, 1.807) is 6.20 Å². The highest BCUT2D eigenvalue weighted by molar-refractivity contribution is 5.75. The van der Waals surface area contributed by atoms with Crippen molar-refractivity contribution < 1.29 is 0 Å². The van der Waals surface area contributed by atoms with Crippen LogP contribution in [0, 0.1) is 0 Å². The molecule has 0 radical (unpaired) electrons. The van der Waals surface area contributed by atoms with Gasteiger partial charge in [0.2, 0.25) is 0 Å². The zero-order chi connectivity index (χ0) is 17.2. The van der Waals surface area contributed by atoms with Crippen LogP contribution in [0.2, 0.25) is 0 Å². The van der Waals surface area contributed by atoms with Crippen LogP contribution in [0.15, 0.2) is 42.6 Å². The number of piperidine rings is 1. The van der Waals surface area contributed by atoms with Crippen LogP contribution in [-0.4, -0.2) is 50.8 Å². The summed E-state index contributed by atoms with van der Waals surface area (Å²) in [6.45, 7) is 2.89. The van der Waals surface area contributed by atoms with Crippen LogP contribution in [0.1, 0.15) is 18.7 Å². The predicted octanol–water partition coefficient (Wildman–Crippen LogP) is 2.46. The third kappa shape index (κ3) is 3.22. The molecule has 3 aromatic rings. The quantitative estimate of drug-likeness (QED) is 0.732. The number of imidazole rings is 1. The fourth-order valence-corrected chi connectivity index (χ4v) is 3.67. The second-order valence-electron chi connectivity index (χ2n) is 6.81. The van der Waals surface area contributed by atoms with Gasteiger partial charge in [0, 0.05) is 32.4 Å². The molecule has 1 fully saturated rings. The number of likely N-dealkylation sites (N-methyl/N-ethyl adjacent to an activating group) is 1. The SMILES string of the molecule is CN(Cc1nc2ccccc2n1C)[C@H]1CCCN(c2cccnn2)C1. The fraction of sp³-hybridized carbons (Fsp3) is 0.421. The molecule has 2 aromatic heterocycles. The van der Waals surface area contributed by atoms with Gasteiger partial charge in [0.15, 0.2) is 5.82 Å². The number of aromatic nitrogens is 4. The van der Waals surface area contributed by atoms with Crippen molar-refractivity contribution in [1.29, 1.82) is 0 Å². The van der Waals surface area contributed by atoms with Gasteiger partial charge in [-0.1, -0.05) is 12.1 Å². The average Bonchev–Trinajstić information content (AvgIpc) is 2.98. The number of benzene rings is 1. The van der Waals surface area contributed by atoms with Crippen molar-refractivity contribution in [2.45, 2.75) is 25.4 Å². The van der Waals surface area contributed by atoms with Crippen molar-refractivity contribution in [3.8, 4) is 0 Å². The molecule has 6 heteroatoms. The van der Waals surface area contributed by atoms with Crippen molar-refractivity contribution in [3.63, 3.8) is 0 Å². The molecule has 0 bridgehead atoms. The molecule has 4 rings (SSSR count). The summed E-state index contributed by atoms with van der Waals surface area (Å²) < 4.78 is 2.20. The zero-order valence-electron chi connectivity index (χ0n) is 14.8. The molecular weight excluding hydrogens is 312 g/mol. The minimum atomic E-state index is 0.496. The third-order valence-electron chi connectivity index (χ3n) is 5.17. The van der Waals surface area contributed by atoms with Crippen LogP contribution in [0.5, 0.6) is 0 Å². The molecule has 1 saturated heterocycles. The first-order valence-electron chi connectivity index (χ1n) is 8.85. The molecule has 130 valence electrons. The lowest BCUT2D eigenvalue weighted by molar-refractivity contribution is 0.201. The summed E-state index contributed by atoms with van der Waals surface area (Å²) in [5.41, 5.74) is 2.26. The highest BCUT2D eigenvalue weighted by Crippen LogP contribution is 2.22. The largest absolute Gasteiger partial charge is 0.354 e. The van der Waals surface area contributed by atoms with Crippen molar-refractivity contribution in [2.75, 3.05) is 25.0 Å². The van der Waals surface area contributed by atoms with Gasteiger partial charge in [-0.2, -0.15) is 5.10 Å². The van der Waals surface area contributed by atoms with Crippen LogP contribution in [0.25, 0.3) is 11.0 Å². The topological polar surface area (TPSA) is 50.1 Å².